The predicted molar refractivity (Wildman–Crippen MR) is 126 cm³/mol. The lowest BCUT2D eigenvalue weighted by Gasteiger charge is -2.11. The second-order valence-corrected chi connectivity index (χ2v) is 7.40. The fourth-order valence-electron chi connectivity index (χ4n) is 3.79. The minimum absolute atomic E-state index is 0.665. The molecule has 5 aromatic rings. The standard InChI is InChI=1S/C26H23N3O3/c1-30-21-13-12-17(16-22(21)31-2)14-15-27-26-24-23(19-10-6-7-11-20(19)32-24)28-25(29-26)18-8-4-3-5-9-18/h3-13,16H,14-15H2,1-2H3,(H,27,28,29). The minimum atomic E-state index is 0.665. The first-order valence-electron chi connectivity index (χ1n) is 10.5. The second kappa shape index (κ2) is 8.59. The number of hydrogen-bond donors (Lipinski definition) is 1. The summed E-state index contributed by atoms with van der Waals surface area (Å²) in [5, 5.41) is 4.43. The first kappa shape index (κ1) is 19.9. The van der Waals surface area contributed by atoms with Gasteiger partial charge in [0.2, 0.25) is 0 Å². The molecule has 160 valence electrons. The molecule has 2 heterocycles. The zero-order valence-corrected chi connectivity index (χ0v) is 18.0. The number of anilines is 1. The minimum Gasteiger partial charge on any atom is -0.493 e. The molecule has 0 spiro atoms. The Morgan fingerprint density at radius 2 is 1.62 bits per heavy atom. The van der Waals surface area contributed by atoms with Crippen molar-refractivity contribution in [2.45, 2.75) is 6.42 Å². The summed E-state index contributed by atoms with van der Waals surface area (Å²) in [5.41, 5.74) is 4.36. The van der Waals surface area contributed by atoms with Crippen LogP contribution in [0.4, 0.5) is 5.82 Å². The van der Waals surface area contributed by atoms with Crippen LogP contribution in [0.3, 0.4) is 0 Å². The van der Waals surface area contributed by atoms with Gasteiger partial charge in [-0.15, -0.1) is 0 Å². The van der Waals surface area contributed by atoms with Gasteiger partial charge in [-0.05, 0) is 36.2 Å². The van der Waals surface area contributed by atoms with Crippen LogP contribution in [0.25, 0.3) is 33.5 Å². The number of aromatic nitrogens is 2. The van der Waals surface area contributed by atoms with Crippen molar-refractivity contribution in [3.05, 3.63) is 78.4 Å². The molecule has 0 aliphatic rings. The van der Waals surface area contributed by atoms with Crippen molar-refractivity contribution in [1.82, 2.24) is 9.97 Å². The van der Waals surface area contributed by atoms with Crippen LogP contribution in [0, 0.1) is 0 Å². The van der Waals surface area contributed by atoms with Crippen molar-refractivity contribution in [2.24, 2.45) is 0 Å². The number of ether oxygens (including phenoxy) is 2. The van der Waals surface area contributed by atoms with Crippen LogP contribution in [0.15, 0.2) is 77.2 Å². The highest BCUT2D eigenvalue weighted by atomic mass is 16.5. The van der Waals surface area contributed by atoms with E-state index in [-0.39, 0.29) is 0 Å². The molecular weight excluding hydrogens is 402 g/mol. The Morgan fingerprint density at radius 1 is 0.844 bits per heavy atom. The van der Waals surface area contributed by atoms with E-state index < -0.39 is 0 Å². The molecule has 0 aliphatic carbocycles. The van der Waals surface area contributed by atoms with Crippen molar-refractivity contribution in [1.29, 1.82) is 0 Å². The molecule has 0 unspecified atom stereocenters. The van der Waals surface area contributed by atoms with E-state index in [9.17, 15) is 0 Å². The van der Waals surface area contributed by atoms with Crippen LogP contribution in [0.2, 0.25) is 0 Å². The normalized spacial score (nSPS) is 11.1. The summed E-state index contributed by atoms with van der Waals surface area (Å²) in [6.45, 7) is 0.673. The summed E-state index contributed by atoms with van der Waals surface area (Å²) in [6, 6.07) is 23.9. The van der Waals surface area contributed by atoms with Crippen LogP contribution in [-0.4, -0.2) is 30.7 Å². The SMILES string of the molecule is COc1ccc(CCNc2nc(-c3ccccc3)nc3c2oc2ccccc23)cc1OC. The van der Waals surface area contributed by atoms with Crippen LogP contribution < -0.4 is 14.8 Å². The average Bonchev–Trinajstić information content (AvgIpc) is 3.23. The van der Waals surface area contributed by atoms with Gasteiger partial charge in [0, 0.05) is 17.5 Å². The molecule has 0 amide bonds. The Morgan fingerprint density at radius 3 is 2.44 bits per heavy atom. The Bertz CT molecular complexity index is 1380. The van der Waals surface area contributed by atoms with E-state index in [0.717, 1.165) is 45.5 Å². The highest BCUT2D eigenvalue weighted by molar-refractivity contribution is 6.06. The molecule has 6 nitrogen and oxygen atoms in total. The highest BCUT2D eigenvalue weighted by Crippen LogP contribution is 2.33. The Labute approximate surface area is 185 Å². The van der Waals surface area contributed by atoms with Gasteiger partial charge < -0.3 is 19.2 Å². The number of rotatable bonds is 7. The van der Waals surface area contributed by atoms with Crippen LogP contribution in [-0.2, 0) is 6.42 Å². The molecule has 0 atom stereocenters. The maximum absolute atomic E-state index is 6.12. The topological polar surface area (TPSA) is 69.4 Å². The van der Waals surface area contributed by atoms with Gasteiger partial charge in [0.05, 0.1) is 14.2 Å². The smallest absolute Gasteiger partial charge is 0.196 e. The van der Waals surface area contributed by atoms with E-state index in [4.69, 9.17) is 23.9 Å². The molecule has 0 bridgehead atoms. The zero-order valence-electron chi connectivity index (χ0n) is 18.0. The number of nitrogens with zero attached hydrogens (tertiary/aromatic N) is 2. The summed E-state index contributed by atoms with van der Waals surface area (Å²) >= 11 is 0. The van der Waals surface area contributed by atoms with E-state index in [1.165, 1.54) is 0 Å². The molecule has 0 aliphatic heterocycles. The van der Waals surface area contributed by atoms with E-state index in [1.54, 1.807) is 14.2 Å². The molecule has 2 aromatic heterocycles. The summed E-state index contributed by atoms with van der Waals surface area (Å²) in [4.78, 5) is 9.63. The first-order valence-corrected chi connectivity index (χ1v) is 10.5. The maximum atomic E-state index is 6.12. The van der Waals surface area contributed by atoms with Gasteiger partial charge in [0.25, 0.3) is 0 Å². The molecule has 0 saturated heterocycles. The number of para-hydroxylation sites is 1. The van der Waals surface area contributed by atoms with Crippen molar-refractivity contribution in [3.8, 4) is 22.9 Å². The maximum Gasteiger partial charge on any atom is 0.196 e. The fraction of sp³-hybridized carbons (Fsp3) is 0.154. The number of methoxy groups -OCH3 is 2. The third-order valence-corrected chi connectivity index (χ3v) is 5.41. The monoisotopic (exact) mass is 425 g/mol. The van der Waals surface area contributed by atoms with Gasteiger partial charge in [-0.1, -0.05) is 48.5 Å². The zero-order chi connectivity index (χ0) is 21.9. The number of nitrogens with one attached hydrogen (secondary N) is 1. The van der Waals surface area contributed by atoms with Crippen molar-refractivity contribution in [2.75, 3.05) is 26.1 Å². The second-order valence-electron chi connectivity index (χ2n) is 7.40. The number of fused-ring (bicyclic) bond motifs is 3. The molecule has 0 radical (unpaired) electrons. The Balaban J connectivity index is 1.49. The first-order chi connectivity index (χ1) is 15.8. The molecule has 0 saturated carbocycles. The summed E-state index contributed by atoms with van der Waals surface area (Å²) in [6.07, 6.45) is 0.784. The lowest BCUT2D eigenvalue weighted by Crippen LogP contribution is -2.08. The highest BCUT2D eigenvalue weighted by Gasteiger charge is 2.16. The predicted octanol–water partition coefficient (Wildman–Crippen LogP) is 5.71. The van der Waals surface area contributed by atoms with E-state index >= 15 is 0 Å². The van der Waals surface area contributed by atoms with E-state index in [0.29, 0.717) is 23.8 Å². The number of benzene rings is 3. The quantitative estimate of drug-likeness (QED) is 0.360. The van der Waals surface area contributed by atoms with Crippen LogP contribution in [0.1, 0.15) is 5.56 Å². The average molecular weight is 425 g/mol. The van der Waals surface area contributed by atoms with Crippen LogP contribution in [0.5, 0.6) is 11.5 Å². The number of furan rings is 1. The van der Waals surface area contributed by atoms with Crippen molar-refractivity contribution >= 4 is 27.9 Å². The lowest BCUT2D eigenvalue weighted by molar-refractivity contribution is 0.354. The fourth-order valence-corrected chi connectivity index (χ4v) is 3.79. The molecular formula is C26H23N3O3. The molecule has 6 heteroatoms. The molecule has 5 rings (SSSR count). The van der Waals surface area contributed by atoms with Gasteiger partial charge >= 0.3 is 0 Å². The summed E-state index contributed by atoms with van der Waals surface area (Å²) in [7, 11) is 3.28. The van der Waals surface area contributed by atoms with Gasteiger partial charge in [0.1, 0.15) is 11.1 Å². The van der Waals surface area contributed by atoms with Gasteiger partial charge in [0.15, 0.2) is 28.7 Å². The molecule has 32 heavy (non-hydrogen) atoms. The van der Waals surface area contributed by atoms with E-state index in [2.05, 4.69) is 5.32 Å². The van der Waals surface area contributed by atoms with Crippen LogP contribution >= 0.6 is 0 Å². The number of hydrogen-bond acceptors (Lipinski definition) is 6. The van der Waals surface area contributed by atoms with Gasteiger partial charge in [-0.2, -0.15) is 0 Å². The third-order valence-electron chi connectivity index (χ3n) is 5.41. The summed E-state index contributed by atoms with van der Waals surface area (Å²) < 4.78 is 16.9. The Kier molecular flexibility index (Phi) is 5.34. The van der Waals surface area contributed by atoms with Crippen molar-refractivity contribution in [3.63, 3.8) is 0 Å². The van der Waals surface area contributed by atoms with Gasteiger partial charge in [-0.25, -0.2) is 9.97 Å². The van der Waals surface area contributed by atoms with Gasteiger partial charge in [-0.3, -0.25) is 0 Å². The largest absolute Gasteiger partial charge is 0.493 e. The molecule has 3 aromatic carbocycles. The lowest BCUT2D eigenvalue weighted by atomic mass is 10.1. The molecule has 1 N–H and O–H groups in total. The Hall–Kier alpha value is -4.06. The van der Waals surface area contributed by atoms with Crippen molar-refractivity contribution < 1.29 is 13.9 Å². The summed E-state index contributed by atoms with van der Waals surface area (Å²) in [5.74, 6) is 2.79. The molecule has 0 fully saturated rings. The van der Waals surface area contributed by atoms with E-state index in [1.807, 2.05) is 72.8 Å². The third kappa shape index (κ3) is 3.71.